The molecule has 1 aliphatic rings. The van der Waals surface area contributed by atoms with Gasteiger partial charge in [-0.15, -0.1) is 0 Å². The first-order valence-corrected chi connectivity index (χ1v) is 8.86. The summed E-state index contributed by atoms with van der Waals surface area (Å²) in [5, 5.41) is 7.94. The molecule has 4 amide bonds. The van der Waals surface area contributed by atoms with Gasteiger partial charge >= 0.3 is 22.6 Å². The van der Waals surface area contributed by atoms with Crippen LogP contribution in [0.2, 0.25) is 0 Å². The van der Waals surface area contributed by atoms with E-state index in [1.54, 1.807) is 4.90 Å². The number of hydrogen-bond acceptors (Lipinski definition) is 5. The third kappa shape index (κ3) is 6.10. The summed E-state index contributed by atoms with van der Waals surface area (Å²) in [6, 6.07) is 4.71. The van der Waals surface area contributed by atoms with Crippen LogP contribution in [0.3, 0.4) is 0 Å². The lowest BCUT2D eigenvalue weighted by Gasteiger charge is -2.32. The Balaban J connectivity index is 1.83. The smallest absolute Gasteiger partial charge is 0.358 e. The maximum Gasteiger partial charge on any atom is 0.488 e. The van der Waals surface area contributed by atoms with Crippen LogP contribution in [-0.4, -0.2) is 51.6 Å². The molecule has 1 saturated heterocycles. The second-order valence-corrected chi connectivity index (χ2v) is 6.37. The number of anilines is 1. The zero-order chi connectivity index (χ0) is 18.4. The predicted octanol–water partition coefficient (Wildman–Crippen LogP) is 1.21. The Morgan fingerprint density at radius 3 is 2.32 bits per heavy atom. The number of amides is 4. The number of likely N-dealkylation sites (tertiary alicyclic amines) is 1. The first-order valence-electron chi connectivity index (χ1n) is 7.55. The molecule has 0 saturated carbocycles. The van der Waals surface area contributed by atoms with Gasteiger partial charge < -0.3 is 25.0 Å². The number of nitrogens with one attached hydrogen (secondary N) is 3. The highest BCUT2D eigenvalue weighted by molar-refractivity contribution is 7.81. The molecule has 1 aromatic rings. The first kappa shape index (κ1) is 18.8. The minimum atomic E-state index is -5.08. The van der Waals surface area contributed by atoms with E-state index in [0.29, 0.717) is 31.6 Å². The Labute approximate surface area is 144 Å². The summed E-state index contributed by atoms with van der Waals surface area (Å²) in [6.07, 6.45) is 1.28. The lowest BCUT2D eigenvalue weighted by molar-refractivity contribution is 0.188. The van der Waals surface area contributed by atoms with Crippen LogP contribution >= 0.6 is 0 Å². The fraction of sp³-hybridized carbons (Fsp3) is 0.429. The van der Waals surface area contributed by atoms with Crippen LogP contribution < -0.4 is 20.1 Å². The molecule has 138 valence electrons. The van der Waals surface area contributed by atoms with Crippen LogP contribution in [0.25, 0.3) is 0 Å². The number of carbonyl (C=O) groups is 2. The molecule has 0 bridgehead atoms. The highest BCUT2D eigenvalue weighted by Crippen LogP contribution is 2.19. The van der Waals surface area contributed by atoms with Gasteiger partial charge in [0.15, 0.2) is 0 Å². The summed E-state index contributed by atoms with van der Waals surface area (Å²) in [7, 11) is -3.54. The largest absolute Gasteiger partial charge is 0.488 e. The third-order valence-electron chi connectivity index (χ3n) is 3.65. The van der Waals surface area contributed by atoms with Gasteiger partial charge in [-0.05, 0) is 37.1 Å². The number of halogens is 1. The molecule has 0 aliphatic carbocycles. The molecule has 0 atom stereocenters. The van der Waals surface area contributed by atoms with Crippen LogP contribution in [-0.2, 0) is 10.5 Å². The SMILES string of the molecule is CNC(=O)NC1CCN(C(=O)Nc2ccc(OS(=O)(=O)F)cc2)CC1. The van der Waals surface area contributed by atoms with E-state index in [4.69, 9.17) is 0 Å². The molecule has 25 heavy (non-hydrogen) atoms. The molecule has 0 aromatic heterocycles. The van der Waals surface area contributed by atoms with Crippen LogP contribution in [0.1, 0.15) is 12.8 Å². The normalized spacial score (nSPS) is 15.4. The van der Waals surface area contributed by atoms with E-state index in [-0.39, 0.29) is 23.9 Å². The van der Waals surface area contributed by atoms with E-state index >= 15 is 0 Å². The third-order valence-corrected chi connectivity index (χ3v) is 4.04. The van der Waals surface area contributed by atoms with Crippen LogP contribution in [0.4, 0.5) is 19.2 Å². The topological polar surface area (TPSA) is 117 Å². The summed E-state index contributed by atoms with van der Waals surface area (Å²) < 4.78 is 37.3. The number of piperidine rings is 1. The van der Waals surface area contributed by atoms with Crippen molar-refractivity contribution in [2.45, 2.75) is 18.9 Å². The van der Waals surface area contributed by atoms with Crippen molar-refractivity contribution in [1.29, 1.82) is 0 Å². The zero-order valence-electron chi connectivity index (χ0n) is 13.5. The molecular weight excluding hydrogens is 355 g/mol. The predicted molar refractivity (Wildman–Crippen MR) is 88.3 cm³/mol. The van der Waals surface area contributed by atoms with Gasteiger partial charge in [-0.2, -0.15) is 8.42 Å². The summed E-state index contributed by atoms with van der Waals surface area (Å²) in [4.78, 5) is 25.1. The van der Waals surface area contributed by atoms with E-state index in [2.05, 4.69) is 20.1 Å². The zero-order valence-corrected chi connectivity index (χ0v) is 14.3. The minimum Gasteiger partial charge on any atom is -0.358 e. The van der Waals surface area contributed by atoms with Gasteiger partial charge in [-0.1, -0.05) is 3.89 Å². The van der Waals surface area contributed by atoms with E-state index in [9.17, 15) is 21.9 Å². The van der Waals surface area contributed by atoms with Crippen LogP contribution in [0.15, 0.2) is 24.3 Å². The molecule has 0 spiro atoms. The maximum atomic E-state index is 12.4. The maximum absolute atomic E-state index is 12.4. The van der Waals surface area contributed by atoms with Gasteiger partial charge in [0.1, 0.15) is 5.75 Å². The highest BCUT2D eigenvalue weighted by Gasteiger charge is 2.23. The minimum absolute atomic E-state index is 0.0167. The average molecular weight is 374 g/mol. The van der Waals surface area contributed by atoms with Crippen molar-refractivity contribution in [2.75, 3.05) is 25.5 Å². The van der Waals surface area contributed by atoms with Gasteiger partial charge in [0.25, 0.3) is 0 Å². The summed E-state index contributed by atoms with van der Waals surface area (Å²) in [6.45, 7) is 0.976. The molecule has 2 rings (SSSR count). The second-order valence-electron chi connectivity index (χ2n) is 5.42. The van der Waals surface area contributed by atoms with Gasteiger partial charge in [0.2, 0.25) is 0 Å². The molecular formula is C14H19FN4O5S. The van der Waals surface area contributed by atoms with Crippen molar-refractivity contribution in [3.8, 4) is 5.75 Å². The van der Waals surface area contributed by atoms with E-state index < -0.39 is 10.5 Å². The molecule has 0 radical (unpaired) electrons. The quantitative estimate of drug-likeness (QED) is 0.685. The van der Waals surface area contributed by atoms with Crippen molar-refractivity contribution in [3.05, 3.63) is 24.3 Å². The number of carbonyl (C=O) groups excluding carboxylic acids is 2. The highest BCUT2D eigenvalue weighted by atomic mass is 32.3. The molecule has 3 N–H and O–H groups in total. The Bertz CT molecular complexity index is 717. The first-order chi connectivity index (χ1) is 11.8. The van der Waals surface area contributed by atoms with Crippen LogP contribution in [0.5, 0.6) is 5.75 Å². The van der Waals surface area contributed by atoms with Crippen molar-refractivity contribution in [3.63, 3.8) is 0 Å². The van der Waals surface area contributed by atoms with Gasteiger partial charge in [0, 0.05) is 31.9 Å². The monoisotopic (exact) mass is 374 g/mol. The molecule has 0 unspecified atom stereocenters. The van der Waals surface area contributed by atoms with Gasteiger partial charge in [-0.3, -0.25) is 0 Å². The van der Waals surface area contributed by atoms with Crippen molar-refractivity contribution < 1.29 is 26.1 Å². The fourth-order valence-electron chi connectivity index (χ4n) is 2.40. The van der Waals surface area contributed by atoms with Crippen molar-refractivity contribution >= 4 is 28.3 Å². The lowest BCUT2D eigenvalue weighted by atomic mass is 10.1. The standard InChI is InChI=1S/C14H19FN4O5S/c1-16-13(20)17-11-6-8-19(9-7-11)14(21)18-10-2-4-12(5-3-10)24-25(15,22)23/h2-5,11H,6-9H2,1H3,(H,18,21)(H2,16,17,20). The summed E-state index contributed by atoms with van der Waals surface area (Å²) in [5.41, 5.74) is 0.416. The Hall–Kier alpha value is -2.56. The average Bonchev–Trinajstić information content (AvgIpc) is 2.56. The number of nitrogens with zero attached hydrogens (tertiary/aromatic N) is 1. The lowest BCUT2D eigenvalue weighted by Crippen LogP contribution is -2.49. The summed E-state index contributed by atoms with van der Waals surface area (Å²) in [5.74, 6) is -0.193. The molecule has 1 fully saturated rings. The van der Waals surface area contributed by atoms with Crippen LogP contribution in [0, 0.1) is 0 Å². The molecule has 1 aromatic carbocycles. The van der Waals surface area contributed by atoms with E-state index in [1.807, 2.05) is 0 Å². The number of urea groups is 2. The molecule has 1 heterocycles. The Kier molecular flexibility index (Phi) is 6.02. The second kappa shape index (κ2) is 8.01. The molecule has 9 nitrogen and oxygen atoms in total. The fourth-order valence-corrected chi connectivity index (χ4v) is 2.74. The summed E-state index contributed by atoms with van der Waals surface area (Å²) >= 11 is 0. The number of rotatable bonds is 4. The Morgan fingerprint density at radius 1 is 1.20 bits per heavy atom. The van der Waals surface area contributed by atoms with E-state index in [1.165, 1.54) is 31.3 Å². The molecule has 11 heteroatoms. The van der Waals surface area contributed by atoms with Crippen molar-refractivity contribution in [1.82, 2.24) is 15.5 Å². The molecule has 1 aliphatic heterocycles. The Morgan fingerprint density at radius 2 is 1.80 bits per heavy atom. The number of hydrogen-bond donors (Lipinski definition) is 3. The van der Waals surface area contributed by atoms with Gasteiger partial charge in [-0.25, -0.2) is 9.59 Å². The number of benzene rings is 1. The van der Waals surface area contributed by atoms with Gasteiger partial charge in [0.05, 0.1) is 0 Å². The van der Waals surface area contributed by atoms with Crippen molar-refractivity contribution in [2.24, 2.45) is 0 Å². The van der Waals surface area contributed by atoms with E-state index in [0.717, 1.165) is 0 Å².